The zero-order chi connectivity index (χ0) is 21.6. The van der Waals surface area contributed by atoms with E-state index in [2.05, 4.69) is 14.9 Å². The standard InChI is InChI=1S/C26H25N3O2/c1-19-24(26(30)28-16-14-21-10-6-7-15-27-21)18-25(20-9-8-13-23(17-20)31-2)29(19)22-11-4-3-5-12-22/h3-13,15,17-18H,14,16H2,1-2H3,(H,28,30). The summed E-state index contributed by atoms with van der Waals surface area (Å²) in [6.45, 7) is 2.50. The van der Waals surface area contributed by atoms with Crippen LogP contribution in [0, 0.1) is 6.92 Å². The van der Waals surface area contributed by atoms with Crippen molar-refractivity contribution < 1.29 is 9.53 Å². The first kappa shape index (κ1) is 20.4. The van der Waals surface area contributed by atoms with Crippen molar-refractivity contribution in [2.45, 2.75) is 13.3 Å². The van der Waals surface area contributed by atoms with Gasteiger partial charge in [-0.25, -0.2) is 0 Å². The Morgan fingerprint density at radius 3 is 2.55 bits per heavy atom. The van der Waals surface area contributed by atoms with Crippen molar-refractivity contribution in [2.24, 2.45) is 0 Å². The Kier molecular flexibility index (Phi) is 6.13. The van der Waals surface area contributed by atoms with E-state index in [1.54, 1.807) is 13.3 Å². The van der Waals surface area contributed by atoms with E-state index in [9.17, 15) is 4.79 Å². The number of hydrogen-bond acceptors (Lipinski definition) is 3. The number of aromatic nitrogens is 2. The van der Waals surface area contributed by atoms with Crippen LogP contribution in [0.3, 0.4) is 0 Å². The summed E-state index contributed by atoms with van der Waals surface area (Å²) in [4.78, 5) is 17.3. The molecule has 2 heterocycles. The molecule has 0 fully saturated rings. The largest absolute Gasteiger partial charge is 0.497 e. The smallest absolute Gasteiger partial charge is 0.253 e. The molecule has 5 heteroatoms. The van der Waals surface area contributed by atoms with Crippen molar-refractivity contribution in [1.82, 2.24) is 14.9 Å². The Morgan fingerprint density at radius 2 is 1.81 bits per heavy atom. The molecule has 0 aliphatic heterocycles. The van der Waals surface area contributed by atoms with Crippen molar-refractivity contribution in [1.29, 1.82) is 0 Å². The molecular weight excluding hydrogens is 386 g/mol. The minimum atomic E-state index is -0.0905. The van der Waals surface area contributed by atoms with Gasteiger partial charge in [-0.2, -0.15) is 0 Å². The number of benzene rings is 2. The first-order valence-corrected chi connectivity index (χ1v) is 10.3. The lowest BCUT2D eigenvalue weighted by atomic mass is 10.1. The Labute approximate surface area is 182 Å². The molecule has 0 unspecified atom stereocenters. The van der Waals surface area contributed by atoms with Gasteiger partial charge in [0.2, 0.25) is 0 Å². The number of pyridine rings is 1. The molecule has 0 saturated carbocycles. The predicted octanol–water partition coefficient (Wildman–Crippen LogP) is 4.83. The van der Waals surface area contributed by atoms with Gasteiger partial charge in [0.05, 0.1) is 18.4 Å². The molecule has 2 aromatic heterocycles. The lowest BCUT2D eigenvalue weighted by molar-refractivity contribution is 0.0953. The van der Waals surface area contributed by atoms with Crippen LogP contribution < -0.4 is 10.1 Å². The van der Waals surface area contributed by atoms with Crippen LogP contribution in [-0.2, 0) is 6.42 Å². The zero-order valence-electron chi connectivity index (χ0n) is 17.7. The molecule has 0 aliphatic carbocycles. The number of nitrogens with zero attached hydrogens (tertiary/aromatic N) is 2. The third kappa shape index (κ3) is 4.51. The van der Waals surface area contributed by atoms with Gasteiger partial charge < -0.3 is 14.6 Å². The SMILES string of the molecule is COc1cccc(-c2cc(C(=O)NCCc3ccccn3)c(C)n2-c2ccccc2)c1. The van der Waals surface area contributed by atoms with E-state index in [1.165, 1.54) is 0 Å². The van der Waals surface area contributed by atoms with Crippen LogP contribution >= 0.6 is 0 Å². The number of methoxy groups -OCH3 is 1. The van der Waals surface area contributed by atoms with Gasteiger partial charge in [0.1, 0.15) is 5.75 Å². The van der Waals surface area contributed by atoms with E-state index in [-0.39, 0.29) is 5.91 Å². The van der Waals surface area contributed by atoms with Crippen LogP contribution in [0.25, 0.3) is 16.9 Å². The van der Waals surface area contributed by atoms with E-state index in [1.807, 2.05) is 85.8 Å². The average molecular weight is 412 g/mol. The second-order valence-electron chi connectivity index (χ2n) is 7.26. The second kappa shape index (κ2) is 9.30. The van der Waals surface area contributed by atoms with E-state index in [0.29, 0.717) is 18.5 Å². The minimum Gasteiger partial charge on any atom is -0.497 e. The van der Waals surface area contributed by atoms with E-state index < -0.39 is 0 Å². The van der Waals surface area contributed by atoms with Crippen molar-refractivity contribution in [2.75, 3.05) is 13.7 Å². The molecule has 156 valence electrons. The van der Waals surface area contributed by atoms with E-state index in [0.717, 1.165) is 34.1 Å². The Morgan fingerprint density at radius 1 is 1.00 bits per heavy atom. The van der Waals surface area contributed by atoms with Gasteiger partial charge in [-0.3, -0.25) is 9.78 Å². The summed E-state index contributed by atoms with van der Waals surface area (Å²) >= 11 is 0. The van der Waals surface area contributed by atoms with Crippen LogP contribution in [-0.4, -0.2) is 29.1 Å². The van der Waals surface area contributed by atoms with Gasteiger partial charge in [0.15, 0.2) is 0 Å². The van der Waals surface area contributed by atoms with Gasteiger partial charge in [-0.15, -0.1) is 0 Å². The summed E-state index contributed by atoms with van der Waals surface area (Å²) in [6.07, 6.45) is 2.45. The van der Waals surface area contributed by atoms with E-state index >= 15 is 0 Å². The quantitative estimate of drug-likeness (QED) is 0.474. The molecule has 0 atom stereocenters. The number of hydrogen-bond donors (Lipinski definition) is 1. The number of ether oxygens (including phenoxy) is 1. The summed E-state index contributed by atoms with van der Waals surface area (Å²) in [5.41, 5.74) is 5.43. The summed E-state index contributed by atoms with van der Waals surface area (Å²) < 4.78 is 7.52. The second-order valence-corrected chi connectivity index (χ2v) is 7.26. The highest BCUT2D eigenvalue weighted by atomic mass is 16.5. The van der Waals surface area contributed by atoms with Crippen molar-refractivity contribution in [3.8, 4) is 22.7 Å². The highest BCUT2D eigenvalue weighted by Gasteiger charge is 2.19. The number of rotatable bonds is 7. The average Bonchev–Trinajstić information content (AvgIpc) is 3.17. The molecule has 1 N–H and O–H groups in total. The number of carbonyl (C=O) groups is 1. The molecule has 0 spiro atoms. The maximum absolute atomic E-state index is 13.0. The monoisotopic (exact) mass is 411 g/mol. The van der Waals surface area contributed by atoms with Crippen LogP contribution in [0.4, 0.5) is 0 Å². The third-order valence-electron chi connectivity index (χ3n) is 5.26. The van der Waals surface area contributed by atoms with Gasteiger partial charge in [-0.1, -0.05) is 36.4 Å². The summed E-state index contributed by atoms with van der Waals surface area (Å²) in [7, 11) is 1.65. The number of carbonyl (C=O) groups excluding carboxylic acids is 1. The first-order valence-electron chi connectivity index (χ1n) is 10.3. The number of nitrogens with one attached hydrogen (secondary N) is 1. The topological polar surface area (TPSA) is 56.1 Å². The molecule has 0 radical (unpaired) electrons. The predicted molar refractivity (Wildman–Crippen MR) is 123 cm³/mol. The maximum Gasteiger partial charge on any atom is 0.253 e. The van der Waals surface area contributed by atoms with Crippen LogP contribution in [0.2, 0.25) is 0 Å². The molecule has 0 saturated heterocycles. The Bertz CT molecular complexity index is 1170. The fourth-order valence-electron chi connectivity index (χ4n) is 3.69. The molecule has 5 nitrogen and oxygen atoms in total. The van der Waals surface area contributed by atoms with Gasteiger partial charge in [0.25, 0.3) is 5.91 Å². The third-order valence-corrected chi connectivity index (χ3v) is 5.26. The lowest BCUT2D eigenvalue weighted by Gasteiger charge is -2.13. The lowest BCUT2D eigenvalue weighted by Crippen LogP contribution is -2.26. The minimum absolute atomic E-state index is 0.0905. The summed E-state index contributed by atoms with van der Waals surface area (Å²) in [5.74, 6) is 0.685. The van der Waals surface area contributed by atoms with Crippen LogP contribution in [0.15, 0.2) is 85.1 Å². The van der Waals surface area contributed by atoms with Crippen LogP contribution in [0.5, 0.6) is 5.75 Å². The normalized spacial score (nSPS) is 10.6. The summed E-state index contributed by atoms with van der Waals surface area (Å²) in [5, 5.41) is 3.04. The van der Waals surface area contributed by atoms with Gasteiger partial charge in [0, 0.05) is 41.8 Å². The molecular formula is C26H25N3O2. The maximum atomic E-state index is 13.0. The molecule has 31 heavy (non-hydrogen) atoms. The Balaban J connectivity index is 1.67. The highest BCUT2D eigenvalue weighted by Crippen LogP contribution is 2.31. The molecule has 1 amide bonds. The molecule has 4 aromatic rings. The molecule has 2 aromatic carbocycles. The first-order chi connectivity index (χ1) is 15.2. The van der Waals surface area contributed by atoms with Crippen molar-refractivity contribution in [3.63, 3.8) is 0 Å². The summed E-state index contributed by atoms with van der Waals surface area (Å²) in [6, 6.07) is 25.7. The van der Waals surface area contributed by atoms with E-state index in [4.69, 9.17) is 4.74 Å². The van der Waals surface area contributed by atoms with Crippen molar-refractivity contribution in [3.05, 3.63) is 102 Å². The highest BCUT2D eigenvalue weighted by molar-refractivity contribution is 5.97. The zero-order valence-corrected chi connectivity index (χ0v) is 17.7. The van der Waals surface area contributed by atoms with Gasteiger partial charge >= 0.3 is 0 Å². The Hall–Kier alpha value is -3.86. The number of amides is 1. The van der Waals surface area contributed by atoms with Crippen molar-refractivity contribution >= 4 is 5.91 Å². The molecule has 0 aliphatic rings. The fraction of sp³-hybridized carbons (Fsp3) is 0.154. The molecule has 0 bridgehead atoms. The molecule has 4 rings (SSSR count). The van der Waals surface area contributed by atoms with Gasteiger partial charge in [-0.05, 0) is 49.4 Å². The fourth-order valence-corrected chi connectivity index (χ4v) is 3.69. The van der Waals surface area contributed by atoms with Crippen LogP contribution in [0.1, 0.15) is 21.7 Å². The number of para-hydroxylation sites is 1.